The Kier molecular flexibility index (Phi) is 6.09. The minimum absolute atomic E-state index is 0.0528. The van der Waals surface area contributed by atoms with Gasteiger partial charge in [-0.15, -0.1) is 0 Å². The molecular formula is C18H34N2O. The van der Waals surface area contributed by atoms with E-state index in [1.54, 1.807) is 0 Å². The summed E-state index contributed by atoms with van der Waals surface area (Å²) in [5, 5.41) is 3.64. The monoisotopic (exact) mass is 294 g/mol. The Morgan fingerprint density at radius 1 is 1.24 bits per heavy atom. The zero-order chi connectivity index (χ0) is 15.4. The maximum atomic E-state index is 12.9. The first-order valence-corrected chi connectivity index (χ1v) is 9.12. The molecule has 1 saturated carbocycles. The molecule has 0 aromatic heterocycles. The van der Waals surface area contributed by atoms with E-state index >= 15 is 0 Å². The van der Waals surface area contributed by atoms with Crippen LogP contribution in [-0.2, 0) is 4.79 Å². The van der Waals surface area contributed by atoms with Crippen LogP contribution in [0.4, 0.5) is 0 Å². The van der Waals surface area contributed by atoms with Crippen LogP contribution >= 0.6 is 0 Å². The Bertz CT molecular complexity index is 342. The molecule has 3 nitrogen and oxygen atoms in total. The standard InChI is InChI=1S/C18H34N2O/c1-5-9-17-19-15(12-13(2)3)18(21)20(17)16-11-8-6-7-10-14(16)4/h13-17,19H,5-12H2,1-4H3. The topological polar surface area (TPSA) is 32.3 Å². The van der Waals surface area contributed by atoms with Gasteiger partial charge < -0.3 is 4.90 Å². The van der Waals surface area contributed by atoms with Gasteiger partial charge >= 0.3 is 0 Å². The maximum absolute atomic E-state index is 12.9. The molecule has 1 saturated heterocycles. The van der Waals surface area contributed by atoms with Crippen molar-refractivity contribution in [3.05, 3.63) is 0 Å². The van der Waals surface area contributed by atoms with Gasteiger partial charge in [-0.25, -0.2) is 0 Å². The van der Waals surface area contributed by atoms with E-state index in [-0.39, 0.29) is 12.2 Å². The summed E-state index contributed by atoms with van der Waals surface area (Å²) in [6.07, 6.45) is 9.90. The summed E-state index contributed by atoms with van der Waals surface area (Å²) in [4.78, 5) is 15.2. The van der Waals surface area contributed by atoms with E-state index in [2.05, 4.69) is 37.9 Å². The molecule has 1 aliphatic carbocycles. The van der Waals surface area contributed by atoms with Gasteiger partial charge in [-0.3, -0.25) is 10.1 Å². The molecule has 4 atom stereocenters. The molecule has 1 N–H and O–H groups in total. The molecule has 0 aromatic carbocycles. The number of carbonyl (C=O) groups is 1. The van der Waals surface area contributed by atoms with Gasteiger partial charge in [0.05, 0.1) is 12.2 Å². The molecule has 21 heavy (non-hydrogen) atoms. The molecule has 1 amide bonds. The molecule has 3 heteroatoms. The lowest BCUT2D eigenvalue weighted by Crippen LogP contribution is -2.47. The normalized spacial score (nSPS) is 34.5. The highest BCUT2D eigenvalue weighted by Gasteiger charge is 2.43. The van der Waals surface area contributed by atoms with E-state index in [4.69, 9.17) is 0 Å². The van der Waals surface area contributed by atoms with Crippen LogP contribution in [0.1, 0.15) is 79.1 Å². The number of carbonyl (C=O) groups excluding carboxylic acids is 1. The summed E-state index contributed by atoms with van der Waals surface area (Å²) in [5.41, 5.74) is 0. The van der Waals surface area contributed by atoms with Crippen molar-refractivity contribution < 1.29 is 4.79 Å². The van der Waals surface area contributed by atoms with Crippen LogP contribution in [0.3, 0.4) is 0 Å². The number of nitrogens with one attached hydrogen (secondary N) is 1. The molecule has 1 heterocycles. The lowest BCUT2D eigenvalue weighted by Gasteiger charge is -2.36. The van der Waals surface area contributed by atoms with Crippen LogP contribution in [0.2, 0.25) is 0 Å². The predicted octanol–water partition coefficient (Wildman–Crippen LogP) is 3.93. The second-order valence-corrected chi connectivity index (χ2v) is 7.58. The van der Waals surface area contributed by atoms with Gasteiger partial charge in [0.2, 0.25) is 5.91 Å². The average molecular weight is 294 g/mol. The molecule has 4 unspecified atom stereocenters. The van der Waals surface area contributed by atoms with Gasteiger partial charge in [0, 0.05) is 6.04 Å². The lowest BCUT2D eigenvalue weighted by molar-refractivity contribution is -0.133. The van der Waals surface area contributed by atoms with Gasteiger partial charge in [0.25, 0.3) is 0 Å². The highest BCUT2D eigenvalue weighted by molar-refractivity contribution is 5.84. The van der Waals surface area contributed by atoms with Crippen LogP contribution in [0.5, 0.6) is 0 Å². The fourth-order valence-corrected chi connectivity index (χ4v) is 4.13. The van der Waals surface area contributed by atoms with E-state index in [1.807, 2.05) is 0 Å². The van der Waals surface area contributed by atoms with E-state index in [1.165, 1.54) is 32.1 Å². The van der Waals surface area contributed by atoms with Crippen molar-refractivity contribution in [1.29, 1.82) is 0 Å². The molecule has 1 aliphatic heterocycles. The van der Waals surface area contributed by atoms with Crippen molar-refractivity contribution in [2.45, 2.75) is 97.3 Å². The first-order valence-electron chi connectivity index (χ1n) is 9.12. The van der Waals surface area contributed by atoms with Crippen molar-refractivity contribution in [1.82, 2.24) is 10.2 Å². The van der Waals surface area contributed by atoms with Gasteiger partial charge in [0.15, 0.2) is 0 Å². The Labute approximate surface area is 130 Å². The lowest BCUT2D eigenvalue weighted by atomic mass is 9.94. The van der Waals surface area contributed by atoms with E-state index < -0.39 is 0 Å². The van der Waals surface area contributed by atoms with Crippen LogP contribution in [-0.4, -0.2) is 29.1 Å². The van der Waals surface area contributed by atoms with Crippen LogP contribution in [0.15, 0.2) is 0 Å². The number of nitrogens with zero attached hydrogens (tertiary/aromatic N) is 1. The molecule has 0 radical (unpaired) electrons. The number of hydrogen-bond acceptors (Lipinski definition) is 2. The van der Waals surface area contributed by atoms with Gasteiger partial charge in [-0.1, -0.05) is 53.4 Å². The molecule has 0 bridgehead atoms. The Balaban J connectivity index is 2.14. The van der Waals surface area contributed by atoms with Gasteiger partial charge in [-0.2, -0.15) is 0 Å². The molecule has 2 aliphatic rings. The first-order chi connectivity index (χ1) is 10.0. The minimum atomic E-state index is 0.0528. The zero-order valence-corrected chi connectivity index (χ0v) is 14.4. The fraction of sp³-hybridized carbons (Fsp3) is 0.944. The smallest absolute Gasteiger partial charge is 0.241 e. The average Bonchev–Trinajstić information content (AvgIpc) is 2.60. The van der Waals surface area contributed by atoms with Crippen LogP contribution < -0.4 is 5.32 Å². The highest BCUT2D eigenvalue weighted by atomic mass is 16.2. The van der Waals surface area contributed by atoms with Crippen LogP contribution in [0, 0.1) is 11.8 Å². The SMILES string of the molecule is CCCC1NC(CC(C)C)C(=O)N1C1CCCCCC1C. The summed E-state index contributed by atoms with van der Waals surface area (Å²) >= 11 is 0. The summed E-state index contributed by atoms with van der Waals surface area (Å²) in [6, 6.07) is 0.512. The Hall–Kier alpha value is -0.570. The predicted molar refractivity (Wildman–Crippen MR) is 88.0 cm³/mol. The molecule has 122 valence electrons. The molecule has 2 fully saturated rings. The quantitative estimate of drug-likeness (QED) is 0.779. The van der Waals surface area contributed by atoms with E-state index in [0.29, 0.717) is 23.8 Å². The Morgan fingerprint density at radius 3 is 2.62 bits per heavy atom. The number of rotatable bonds is 5. The zero-order valence-electron chi connectivity index (χ0n) is 14.4. The van der Waals surface area contributed by atoms with E-state index in [0.717, 1.165) is 19.3 Å². The molecular weight excluding hydrogens is 260 g/mol. The number of amides is 1. The van der Waals surface area contributed by atoms with Gasteiger partial charge in [-0.05, 0) is 37.5 Å². The molecule has 0 aromatic rings. The number of hydrogen-bond donors (Lipinski definition) is 1. The maximum Gasteiger partial charge on any atom is 0.241 e. The third kappa shape index (κ3) is 4.00. The van der Waals surface area contributed by atoms with Crippen molar-refractivity contribution in [2.24, 2.45) is 11.8 Å². The van der Waals surface area contributed by atoms with Crippen molar-refractivity contribution in [3.63, 3.8) is 0 Å². The minimum Gasteiger partial charge on any atom is -0.323 e. The van der Waals surface area contributed by atoms with Crippen molar-refractivity contribution in [3.8, 4) is 0 Å². The third-order valence-electron chi connectivity index (χ3n) is 5.22. The molecule has 0 spiro atoms. The summed E-state index contributed by atoms with van der Waals surface area (Å²) < 4.78 is 0. The van der Waals surface area contributed by atoms with Crippen LogP contribution in [0.25, 0.3) is 0 Å². The van der Waals surface area contributed by atoms with E-state index in [9.17, 15) is 4.79 Å². The first kappa shape index (κ1) is 16.8. The summed E-state index contributed by atoms with van der Waals surface area (Å²) in [6.45, 7) is 8.99. The summed E-state index contributed by atoms with van der Waals surface area (Å²) in [5.74, 6) is 1.59. The second-order valence-electron chi connectivity index (χ2n) is 7.58. The Morgan fingerprint density at radius 2 is 1.95 bits per heavy atom. The highest BCUT2D eigenvalue weighted by Crippen LogP contribution is 2.32. The largest absolute Gasteiger partial charge is 0.323 e. The molecule has 2 rings (SSSR count). The summed E-state index contributed by atoms with van der Waals surface area (Å²) in [7, 11) is 0. The van der Waals surface area contributed by atoms with Crippen molar-refractivity contribution in [2.75, 3.05) is 0 Å². The van der Waals surface area contributed by atoms with Gasteiger partial charge in [0.1, 0.15) is 0 Å². The second kappa shape index (κ2) is 7.62. The van der Waals surface area contributed by atoms with Crippen molar-refractivity contribution >= 4 is 5.91 Å². The fourth-order valence-electron chi connectivity index (χ4n) is 4.13. The third-order valence-corrected chi connectivity index (χ3v) is 5.22.